The van der Waals surface area contributed by atoms with Crippen LogP contribution in [0.25, 0.3) is 0 Å². The third kappa shape index (κ3) is 7.36. The molecule has 9 heteroatoms. The average Bonchev–Trinajstić information content (AvgIpc) is 2.82. The number of nitrogens with zero attached hydrogens (tertiary/aromatic N) is 2. The molecule has 0 unspecified atom stereocenters. The molecule has 0 aliphatic heterocycles. The Morgan fingerprint density at radius 3 is 2.39 bits per heavy atom. The summed E-state index contributed by atoms with van der Waals surface area (Å²) in [5.41, 5.74) is 4.49. The molecule has 0 atom stereocenters. The van der Waals surface area contributed by atoms with Crippen LogP contribution < -0.4 is 19.2 Å². The van der Waals surface area contributed by atoms with Gasteiger partial charge in [0.2, 0.25) is 10.0 Å². The number of methoxy groups -OCH3 is 1. The number of hydrazone groups is 1. The van der Waals surface area contributed by atoms with Crippen molar-refractivity contribution >= 4 is 27.8 Å². The molecule has 0 fully saturated rings. The number of amides is 1. The highest BCUT2D eigenvalue weighted by molar-refractivity contribution is 7.92. The molecular weight excluding hydrogens is 442 g/mol. The zero-order valence-corrected chi connectivity index (χ0v) is 19.2. The molecule has 33 heavy (non-hydrogen) atoms. The van der Waals surface area contributed by atoms with Gasteiger partial charge in [-0.2, -0.15) is 5.10 Å². The molecule has 0 heterocycles. The number of carbonyl (C=O) groups is 1. The second-order valence-corrected chi connectivity index (χ2v) is 9.01. The summed E-state index contributed by atoms with van der Waals surface area (Å²) in [5, 5.41) is 3.92. The van der Waals surface area contributed by atoms with E-state index < -0.39 is 22.5 Å². The highest BCUT2D eigenvalue weighted by atomic mass is 32.2. The predicted octanol–water partition coefficient (Wildman–Crippen LogP) is 3.19. The molecule has 1 N–H and O–H groups in total. The quantitative estimate of drug-likeness (QED) is 0.365. The zero-order valence-electron chi connectivity index (χ0n) is 18.3. The van der Waals surface area contributed by atoms with Crippen LogP contribution in [0.3, 0.4) is 0 Å². The molecule has 0 saturated heterocycles. The SMILES string of the molecule is COc1cccc(N(CC(=O)N/N=C\c2ccc(OCc3ccccc3)cc2)S(C)(=O)=O)c1. The average molecular weight is 468 g/mol. The maximum Gasteiger partial charge on any atom is 0.260 e. The number of hydrogen-bond donors (Lipinski definition) is 1. The number of benzene rings is 3. The molecule has 172 valence electrons. The molecule has 0 spiro atoms. The van der Waals surface area contributed by atoms with Crippen LogP contribution in [0.15, 0.2) is 84.0 Å². The van der Waals surface area contributed by atoms with Crippen LogP contribution in [-0.2, 0) is 21.4 Å². The lowest BCUT2D eigenvalue weighted by Crippen LogP contribution is -2.39. The van der Waals surface area contributed by atoms with E-state index in [1.54, 1.807) is 48.5 Å². The lowest BCUT2D eigenvalue weighted by atomic mass is 10.2. The van der Waals surface area contributed by atoms with E-state index in [2.05, 4.69) is 10.5 Å². The first-order valence-corrected chi connectivity index (χ1v) is 11.9. The highest BCUT2D eigenvalue weighted by Gasteiger charge is 2.21. The number of anilines is 1. The molecule has 0 bridgehead atoms. The van der Waals surface area contributed by atoms with E-state index in [1.807, 2.05) is 30.3 Å². The van der Waals surface area contributed by atoms with Crippen LogP contribution >= 0.6 is 0 Å². The Balaban J connectivity index is 1.55. The minimum Gasteiger partial charge on any atom is -0.497 e. The van der Waals surface area contributed by atoms with Gasteiger partial charge in [0.15, 0.2) is 0 Å². The van der Waals surface area contributed by atoms with E-state index in [0.717, 1.165) is 21.7 Å². The molecule has 3 aromatic rings. The van der Waals surface area contributed by atoms with E-state index >= 15 is 0 Å². The topological polar surface area (TPSA) is 97.3 Å². The van der Waals surface area contributed by atoms with Gasteiger partial charge in [0.1, 0.15) is 24.7 Å². The van der Waals surface area contributed by atoms with Crippen molar-refractivity contribution in [1.29, 1.82) is 0 Å². The molecule has 1 amide bonds. The number of hydrogen-bond acceptors (Lipinski definition) is 6. The Morgan fingerprint density at radius 2 is 1.73 bits per heavy atom. The molecule has 3 aromatic carbocycles. The molecule has 0 radical (unpaired) electrons. The molecular formula is C24H25N3O5S. The fourth-order valence-corrected chi connectivity index (χ4v) is 3.75. The largest absolute Gasteiger partial charge is 0.497 e. The van der Waals surface area contributed by atoms with Crippen molar-refractivity contribution in [2.75, 3.05) is 24.2 Å². The van der Waals surface area contributed by atoms with E-state index in [-0.39, 0.29) is 0 Å². The lowest BCUT2D eigenvalue weighted by molar-refractivity contribution is -0.119. The van der Waals surface area contributed by atoms with Crippen LogP contribution in [0, 0.1) is 0 Å². The van der Waals surface area contributed by atoms with Gasteiger partial charge in [0.25, 0.3) is 5.91 Å². The lowest BCUT2D eigenvalue weighted by Gasteiger charge is -2.21. The third-order valence-corrected chi connectivity index (χ3v) is 5.70. The second kappa shape index (κ2) is 11.1. The number of sulfonamides is 1. The minimum absolute atomic E-state index is 0.321. The number of carbonyl (C=O) groups excluding carboxylic acids is 1. The molecule has 0 saturated carbocycles. The molecule has 8 nitrogen and oxygen atoms in total. The Hall–Kier alpha value is -3.85. The smallest absolute Gasteiger partial charge is 0.260 e. The summed E-state index contributed by atoms with van der Waals surface area (Å²) in [6, 6.07) is 23.5. The van der Waals surface area contributed by atoms with Gasteiger partial charge in [-0.05, 0) is 47.5 Å². The van der Waals surface area contributed by atoms with E-state index in [0.29, 0.717) is 23.8 Å². The third-order valence-electron chi connectivity index (χ3n) is 4.56. The molecule has 0 aliphatic rings. The maximum absolute atomic E-state index is 12.3. The summed E-state index contributed by atoms with van der Waals surface area (Å²) in [6.45, 7) is 0.0457. The van der Waals surface area contributed by atoms with E-state index in [1.165, 1.54) is 13.3 Å². The Bertz CT molecular complexity index is 1200. The van der Waals surface area contributed by atoms with Gasteiger partial charge < -0.3 is 9.47 Å². The van der Waals surface area contributed by atoms with Gasteiger partial charge >= 0.3 is 0 Å². The Kier molecular flexibility index (Phi) is 8.04. The van der Waals surface area contributed by atoms with Crippen molar-refractivity contribution in [3.05, 3.63) is 90.0 Å². The van der Waals surface area contributed by atoms with Gasteiger partial charge in [0, 0.05) is 6.07 Å². The van der Waals surface area contributed by atoms with Crippen LogP contribution in [0.5, 0.6) is 11.5 Å². The van der Waals surface area contributed by atoms with Crippen molar-refractivity contribution in [1.82, 2.24) is 5.43 Å². The van der Waals surface area contributed by atoms with E-state index in [9.17, 15) is 13.2 Å². The van der Waals surface area contributed by atoms with E-state index in [4.69, 9.17) is 9.47 Å². The Morgan fingerprint density at radius 1 is 1.00 bits per heavy atom. The minimum atomic E-state index is -3.69. The first-order valence-electron chi connectivity index (χ1n) is 10.1. The summed E-state index contributed by atoms with van der Waals surface area (Å²) < 4.78 is 36.2. The summed E-state index contributed by atoms with van der Waals surface area (Å²) in [4.78, 5) is 12.3. The highest BCUT2D eigenvalue weighted by Crippen LogP contribution is 2.22. The van der Waals surface area contributed by atoms with Crippen LogP contribution in [0.4, 0.5) is 5.69 Å². The standard InChI is InChI=1S/C24H25N3O5S/c1-31-23-10-6-9-21(15-23)27(33(2,29)30)17-24(28)26-25-16-19-11-13-22(14-12-19)32-18-20-7-4-3-5-8-20/h3-16H,17-18H2,1-2H3,(H,26,28)/b25-16-. The molecule has 3 rings (SSSR count). The number of nitrogens with one attached hydrogen (secondary N) is 1. The van der Waals surface area contributed by atoms with Gasteiger partial charge in [-0.1, -0.05) is 36.4 Å². The number of ether oxygens (including phenoxy) is 2. The van der Waals surface area contributed by atoms with Gasteiger partial charge in [-0.25, -0.2) is 13.8 Å². The molecule has 0 aliphatic carbocycles. The first-order chi connectivity index (χ1) is 15.8. The molecule has 0 aromatic heterocycles. The van der Waals surface area contributed by atoms with Crippen LogP contribution in [0.1, 0.15) is 11.1 Å². The Labute approximate surface area is 193 Å². The second-order valence-electron chi connectivity index (χ2n) is 7.11. The normalized spacial score (nSPS) is 11.2. The van der Waals surface area contributed by atoms with Gasteiger partial charge in [-0.3, -0.25) is 9.10 Å². The summed E-state index contributed by atoms with van der Waals surface area (Å²) in [5.74, 6) is 0.611. The fraction of sp³-hybridized carbons (Fsp3) is 0.167. The summed E-state index contributed by atoms with van der Waals surface area (Å²) >= 11 is 0. The monoisotopic (exact) mass is 467 g/mol. The van der Waals surface area contributed by atoms with Crippen molar-refractivity contribution in [3.8, 4) is 11.5 Å². The van der Waals surface area contributed by atoms with Crippen LogP contribution in [0.2, 0.25) is 0 Å². The predicted molar refractivity (Wildman–Crippen MR) is 128 cm³/mol. The van der Waals surface area contributed by atoms with Crippen molar-refractivity contribution in [2.45, 2.75) is 6.61 Å². The summed E-state index contributed by atoms with van der Waals surface area (Å²) in [7, 11) is -2.22. The maximum atomic E-state index is 12.3. The first kappa shape index (κ1) is 23.8. The van der Waals surface area contributed by atoms with Crippen LogP contribution in [-0.4, -0.2) is 40.4 Å². The van der Waals surface area contributed by atoms with Crippen molar-refractivity contribution < 1.29 is 22.7 Å². The zero-order chi connectivity index (χ0) is 23.7. The fourth-order valence-electron chi connectivity index (χ4n) is 2.90. The summed E-state index contributed by atoms with van der Waals surface area (Å²) in [6.07, 6.45) is 2.50. The number of rotatable bonds is 10. The van der Waals surface area contributed by atoms with Gasteiger partial charge in [-0.15, -0.1) is 0 Å². The van der Waals surface area contributed by atoms with Crippen molar-refractivity contribution in [2.24, 2.45) is 5.10 Å². The van der Waals surface area contributed by atoms with Crippen molar-refractivity contribution in [3.63, 3.8) is 0 Å². The van der Waals surface area contributed by atoms with Gasteiger partial charge in [0.05, 0.1) is 25.3 Å².